The minimum atomic E-state index is -4.56. The van der Waals surface area contributed by atoms with Gasteiger partial charge in [0.25, 0.3) is 5.82 Å². The van der Waals surface area contributed by atoms with Crippen LogP contribution in [0.25, 0.3) is 4.96 Å². The molecular weight excluding hydrogens is 307 g/mol. The Bertz CT molecular complexity index is 625. The lowest BCUT2D eigenvalue weighted by atomic mass is 10.1. The third kappa shape index (κ3) is 2.74. The van der Waals surface area contributed by atoms with E-state index in [9.17, 15) is 13.2 Å². The second kappa shape index (κ2) is 5.50. The van der Waals surface area contributed by atoms with E-state index in [0.29, 0.717) is 18.2 Å². The third-order valence-electron chi connectivity index (χ3n) is 3.31. The van der Waals surface area contributed by atoms with Crippen molar-refractivity contribution in [2.75, 3.05) is 19.8 Å². The predicted molar refractivity (Wildman–Crippen MR) is 69.3 cm³/mol. The molecule has 0 radical (unpaired) electrons. The van der Waals surface area contributed by atoms with E-state index in [0.717, 1.165) is 28.8 Å². The van der Waals surface area contributed by atoms with Crippen LogP contribution in [-0.4, -0.2) is 45.6 Å². The number of halogens is 3. The molecule has 2 unspecified atom stereocenters. The molecular formula is C11H14F3N5OS. The highest BCUT2D eigenvalue weighted by atomic mass is 32.1. The van der Waals surface area contributed by atoms with Gasteiger partial charge in [0, 0.05) is 6.04 Å². The SMILES string of the molecule is CCCNC1COCC1c1nn2c(C(F)(F)F)nnc2s1. The van der Waals surface area contributed by atoms with Crippen LogP contribution in [0.5, 0.6) is 0 Å². The van der Waals surface area contributed by atoms with Gasteiger partial charge >= 0.3 is 6.18 Å². The maximum atomic E-state index is 12.8. The van der Waals surface area contributed by atoms with Crippen LogP contribution in [0.4, 0.5) is 13.2 Å². The summed E-state index contributed by atoms with van der Waals surface area (Å²) in [4.78, 5) is 0.151. The van der Waals surface area contributed by atoms with Gasteiger partial charge in [0.2, 0.25) is 4.96 Å². The van der Waals surface area contributed by atoms with Crippen molar-refractivity contribution < 1.29 is 17.9 Å². The number of nitrogens with one attached hydrogen (secondary N) is 1. The van der Waals surface area contributed by atoms with Gasteiger partial charge < -0.3 is 10.1 Å². The highest BCUT2D eigenvalue weighted by Crippen LogP contribution is 2.33. The number of hydrogen-bond acceptors (Lipinski definition) is 6. The van der Waals surface area contributed by atoms with Crippen molar-refractivity contribution >= 4 is 16.3 Å². The van der Waals surface area contributed by atoms with Crippen molar-refractivity contribution in [1.82, 2.24) is 25.1 Å². The average molecular weight is 321 g/mol. The van der Waals surface area contributed by atoms with E-state index in [1.165, 1.54) is 0 Å². The lowest BCUT2D eigenvalue weighted by Crippen LogP contribution is -2.34. The molecule has 0 amide bonds. The molecule has 1 saturated heterocycles. The molecule has 0 aromatic carbocycles. The van der Waals surface area contributed by atoms with Crippen LogP contribution in [0.1, 0.15) is 30.1 Å². The summed E-state index contributed by atoms with van der Waals surface area (Å²) in [5, 5.41) is 14.7. The monoisotopic (exact) mass is 321 g/mol. The molecule has 0 aliphatic carbocycles. The average Bonchev–Trinajstić information content (AvgIpc) is 3.08. The number of alkyl halides is 3. The largest absolute Gasteiger partial charge is 0.453 e. The predicted octanol–water partition coefficient (Wildman–Crippen LogP) is 1.69. The molecule has 1 fully saturated rings. The molecule has 1 aliphatic rings. The van der Waals surface area contributed by atoms with Crippen LogP contribution in [0.3, 0.4) is 0 Å². The lowest BCUT2D eigenvalue weighted by Gasteiger charge is -2.16. The van der Waals surface area contributed by atoms with Gasteiger partial charge in [-0.1, -0.05) is 18.3 Å². The summed E-state index contributed by atoms with van der Waals surface area (Å²) in [6.07, 6.45) is -3.58. The zero-order valence-corrected chi connectivity index (χ0v) is 12.0. The summed E-state index contributed by atoms with van der Waals surface area (Å²) in [5.74, 6) is -1.14. The molecule has 1 N–H and O–H groups in total. The Hall–Kier alpha value is -1.26. The van der Waals surface area contributed by atoms with Gasteiger partial charge in [-0.2, -0.15) is 22.8 Å². The Kier molecular flexibility index (Phi) is 3.84. The Morgan fingerprint density at radius 2 is 2.19 bits per heavy atom. The normalized spacial score (nSPS) is 23.2. The van der Waals surface area contributed by atoms with Crippen LogP contribution in [0.2, 0.25) is 0 Å². The Balaban J connectivity index is 1.89. The Labute approximate surface area is 122 Å². The van der Waals surface area contributed by atoms with E-state index >= 15 is 0 Å². The van der Waals surface area contributed by atoms with E-state index in [2.05, 4.69) is 27.5 Å². The molecule has 0 spiro atoms. The maximum absolute atomic E-state index is 12.8. The molecule has 6 nitrogen and oxygen atoms in total. The molecule has 0 bridgehead atoms. The van der Waals surface area contributed by atoms with Crippen molar-refractivity contribution in [2.45, 2.75) is 31.5 Å². The lowest BCUT2D eigenvalue weighted by molar-refractivity contribution is -0.146. The summed E-state index contributed by atoms with van der Waals surface area (Å²) >= 11 is 1.13. The van der Waals surface area contributed by atoms with Gasteiger partial charge in [-0.25, -0.2) is 0 Å². The molecule has 2 aromatic heterocycles. The smallest absolute Gasteiger partial charge is 0.379 e. The van der Waals surface area contributed by atoms with Gasteiger partial charge in [-0.15, -0.1) is 10.2 Å². The minimum Gasteiger partial charge on any atom is -0.379 e. The van der Waals surface area contributed by atoms with Crippen LogP contribution in [0.15, 0.2) is 0 Å². The fourth-order valence-corrected chi connectivity index (χ4v) is 3.28. The molecule has 21 heavy (non-hydrogen) atoms. The quantitative estimate of drug-likeness (QED) is 0.928. The minimum absolute atomic E-state index is 0.0515. The number of hydrogen-bond donors (Lipinski definition) is 1. The van der Waals surface area contributed by atoms with Crippen molar-refractivity contribution in [1.29, 1.82) is 0 Å². The highest BCUT2D eigenvalue weighted by Gasteiger charge is 2.39. The molecule has 2 atom stereocenters. The maximum Gasteiger partial charge on any atom is 0.453 e. The van der Waals surface area contributed by atoms with E-state index in [1.807, 2.05) is 0 Å². The molecule has 3 heterocycles. The van der Waals surface area contributed by atoms with Crippen LogP contribution >= 0.6 is 11.3 Å². The zero-order chi connectivity index (χ0) is 15.0. The van der Waals surface area contributed by atoms with Gasteiger partial charge in [0.1, 0.15) is 5.01 Å². The van der Waals surface area contributed by atoms with E-state index < -0.39 is 12.0 Å². The molecule has 116 valence electrons. The van der Waals surface area contributed by atoms with Gasteiger partial charge in [-0.3, -0.25) is 0 Å². The third-order valence-corrected chi connectivity index (χ3v) is 4.34. The first-order chi connectivity index (χ1) is 10.0. The van der Waals surface area contributed by atoms with Crippen LogP contribution in [-0.2, 0) is 10.9 Å². The Morgan fingerprint density at radius 1 is 1.38 bits per heavy atom. The van der Waals surface area contributed by atoms with Gasteiger partial charge in [0.05, 0.1) is 19.1 Å². The Morgan fingerprint density at radius 3 is 2.90 bits per heavy atom. The second-order valence-electron chi connectivity index (χ2n) is 4.86. The topological polar surface area (TPSA) is 64.3 Å². The summed E-state index contributed by atoms with van der Waals surface area (Å²) in [6, 6.07) is 0.0723. The van der Waals surface area contributed by atoms with Gasteiger partial charge in [0.15, 0.2) is 0 Å². The van der Waals surface area contributed by atoms with E-state index in [-0.39, 0.29) is 16.9 Å². The van der Waals surface area contributed by atoms with Crippen molar-refractivity contribution in [2.24, 2.45) is 0 Å². The zero-order valence-electron chi connectivity index (χ0n) is 11.2. The molecule has 10 heteroatoms. The number of ether oxygens (including phenoxy) is 1. The van der Waals surface area contributed by atoms with Crippen molar-refractivity contribution in [3.05, 3.63) is 10.8 Å². The van der Waals surface area contributed by atoms with E-state index in [1.54, 1.807) is 0 Å². The summed E-state index contributed by atoms with van der Waals surface area (Å²) < 4.78 is 44.6. The molecule has 2 aromatic rings. The summed E-state index contributed by atoms with van der Waals surface area (Å²) in [5.41, 5.74) is 0. The molecule has 3 rings (SSSR count). The second-order valence-corrected chi connectivity index (χ2v) is 5.85. The van der Waals surface area contributed by atoms with Crippen molar-refractivity contribution in [3.63, 3.8) is 0 Å². The number of nitrogens with zero attached hydrogens (tertiary/aromatic N) is 4. The first kappa shape index (κ1) is 14.7. The fraction of sp³-hybridized carbons (Fsp3) is 0.727. The summed E-state index contributed by atoms with van der Waals surface area (Å²) in [6.45, 7) is 3.88. The number of rotatable bonds is 4. The molecule has 1 aliphatic heterocycles. The van der Waals surface area contributed by atoms with Crippen LogP contribution < -0.4 is 5.32 Å². The number of fused-ring (bicyclic) bond motifs is 1. The first-order valence-corrected chi connectivity index (χ1v) is 7.42. The first-order valence-electron chi connectivity index (χ1n) is 6.61. The molecule has 0 saturated carbocycles. The van der Waals surface area contributed by atoms with Crippen LogP contribution in [0, 0.1) is 0 Å². The highest BCUT2D eigenvalue weighted by molar-refractivity contribution is 7.16. The van der Waals surface area contributed by atoms with Crippen molar-refractivity contribution in [3.8, 4) is 0 Å². The van der Waals surface area contributed by atoms with E-state index in [4.69, 9.17) is 4.74 Å². The fourth-order valence-electron chi connectivity index (χ4n) is 2.29. The standard InChI is InChI=1S/C11H14F3N5OS/c1-2-3-15-7-5-20-4-6(7)8-18-19-9(11(12,13)14)16-17-10(19)21-8/h6-7,15H,2-5H2,1H3. The number of aromatic nitrogens is 4. The van der Waals surface area contributed by atoms with Gasteiger partial charge in [-0.05, 0) is 13.0 Å². The summed E-state index contributed by atoms with van der Waals surface area (Å²) in [7, 11) is 0.